The summed E-state index contributed by atoms with van der Waals surface area (Å²) in [4.78, 5) is 4.59. The van der Waals surface area contributed by atoms with Crippen LogP contribution in [0.15, 0.2) is 48.5 Å². The molecule has 3 aromatic rings. The monoisotopic (exact) mass is 360 g/mol. The van der Waals surface area contributed by atoms with Crippen LogP contribution in [0.5, 0.6) is 5.75 Å². The van der Waals surface area contributed by atoms with E-state index in [9.17, 15) is 5.26 Å². The number of fused-ring (bicyclic) bond motifs is 3. The summed E-state index contributed by atoms with van der Waals surface area (Å²) in [6.45, 7) is 6.03. The molecule has 0 amide bonds. The van der Waals surface area contributed by atoms with Gasteiger partial charge in [0.1, 0.15) is 22.6 Å². The van der Waals surface area contributed by atoms with E-state index in [1.807, 2.05) is 69.3 Å². The lowest BCUT2D eigenvalue weighted by Crippen LogP contribution is -2.31. The molecule has 26 heavy (non-hydrogen) atoms. The van der Waals surface area contributed by atoms with Gasteiger partial charge in [0.05, 0.1) is 11.3 Å². The van der Waals surface area contributed by atoms with Crippen LogP contribution in [-0.2, 0) is 5.60 Å². The fraction of sp³-hybridized carbons (Fsp3) is 0.182. The molecule has 1 aromatic heterocycles. The number of nitrogens with zero attached hydrogens (tertiary/aromatic N) is 2. The van der Waals surface area contributed by atoms with E-state index in [4.69, 9.17) is 16.3 Å². The molecule has 3 nitrogen and oxygen atoms in total. The molecule has 2 heterocycles. The molecule has 128 valence electrons. The van der Waals surface area contributed by atoms with E-state index >= 15 is 0 Å². The number of benzene rings is 2. The maximum absolute atomic E-state index is 9.77. The Kier molecular flexibility index (Phi) is 3.75. The molecule has 0 radical (unpaired) electrons. The molecule has 0 unspecified atom stereocenters. The van der Waals surface area contributed by atoms with E-state index in [-0.39, 0.29) is 5.15 Å². The standard InChI is InChI=1S/C22H17ClN2O/c1-13-8-10-14(11-9-13)18-16(12-24)21(23)25-20-15-6-4-5-7-17(15)26-22(2,3)19(18)20/h4-11H,1-3H3. The maximum Gasteiger partial charge on any atom is 0.148 e. The summed E-state index contributed by atoms with van der Waals surface area (Å²) in [5.74, 6) is 0.771. The Morgan fingerprint density at radius 3 is 2.46 bits per heavy atom. The number of ether oxygens (including phenoxy) is 1. The molecule has 0 bridgehead atoms. The van der Waals surface area contributed by atoms with Crippen LogP contribution in [0.1, 0.15) is 30.5 Å². The molecule has 4 rings (SSSR count). The van der Waals surface area contributed by atoms with E-state index in [2.05, 4.69) is 11.1 Å². The Morgan fingerprint density at radius 1 is 1.08 bits per heavy atom. The summed E-state index contributed by atoms with van der Waals surface area (Å²) < 4.78 is 6.28. The van der Waals surface area contributed by atoms with Gasteiger partial charge in [-0.1, -0.05) is 53.6 Å². The van der Waals surface area contributed by atoms with Crippen LogP contribution < -0.4 is 4.74 Å². The summed E-state index contributed by atoms with van der Waals surface area (Å²) in [6, 6.07) is 18.1. The van der Waals surface area contributed by atoms with Gasteiger partial charge in [-0.3, -0.25) is 0 Å². The van der Waals surface area contributed by atoms with Crippen molar-refractivity contribution in [3.8, 4) is 34.2 Å². The zero-order valence-corrected chi connectivity index (χ0v) is 15.6. The molecule has 0 spiro atoms. The lowest BCUT2D eigenvalue weighted by atomic mass is 9.82. The third-order valence-electron chi connectivity index (χ3n) is 4.71. The average Bonchev–Trinajstić information content (AvgIpc) is 2.61. The molecule has 0 N–H and O–H groups in total. The van der Waals surface area contributed by atoms with Gasteiger partial charge >= 0.3 is 0 Å². The Morgan fingerprint density at radius 2 is 1.77 bits per heavy atom. The van der Waals surface area contributed by atoms with Gasteiger partial charge in [0.25, 0.3) is 0 Å². The largest absolute Gasteiger partial charge is 0.482 e. The molecule has 1 aliphatic rings. The number of aryl methyl sites for hydroxylation is 1. The predicted molar refractivity (Wildman–Crippen MR) is 103 cm³/mol. The molecular weight excluding hydrogens is 344 g/mol. The quantitative estimate of drug-likeness (QED) is 0.509. The van der Waals surface area contributed by atoms with E-state index < -0.39 is 5.60 Å². The molecule has 4 heteroatoms. The Hall–Kier alpha value is -2.83. The summed E-state index contributed by atoms with van der Waals surface area (Å²) >= 11 is 6.43. The molecule has 0 aliphatic carbocycles. The Bertz CT molecular complexity index is 1060. The smallest absolute Gasteiger partial charge is 0.148 e. The van der Waals surface area contributed by atoms with E-state index in [0.717, 1.165) is 39.3 Å². The number of halogens is 1. The van der Waals surface area contributed by atoms with E-state index in [0.29, 0.717) is 5.56 Å². The number of pyridine rings is 1. The Balaban J connectivity index is 2.15. The molecule has 0 atom stereocenters. The zero-order chi connectivity index (χ0) is 18.5. The van der Waals surface area contributed by atoms with Crippen molar-refractivity contribution < 1.29 is 4.74 Å². The molecular formula is C22H17ClN2O. The first-order valence-corrected chi connectivity index (χ1v) is 8.79. The van der Waals surface area contributed by atoms with Crippen LogP contribution in [0.2, 0.25) is 5.15 Å². The first-order valence-electron chi connectivity index (χ1n) is 8.42. The topological polar surface area (TPSA) is 45.9 Å². The minimum Gasteiger partial charge on any atom is -0.482 e. The number of rotatable bonds is 1. The summed E-state index contributed by atoms with van der Waals surface area (Å²) in [6.07, 6.45) is 0. The highest BCUT2D eigenvalue weighted by atomic mass is 35.5. The molecule has 0 fully saturated rings. The van der Waals surface area contributed by atoms with Crippen LogP contribution in [0.4, 0.5) is 0 Å². The fourth-order valence-corrected chi connectivity index (χ4v) is 3.75. The molecule has 0 saturated heterocycles. The summed E-state index contributed by atoms with van der Waals surface area (Å²) in [5.41, 5.74) is 5.17. The summed E-state index contributed by atoms with van der Waals surface area (Å²) in [5, 5.41) is 9.98. The van der Waals surface area contributed by atoms with E-state index in [1.54, 1.807) is 0 Å². The maximum atomic E-state index is 9.77. The average molecular weight is 361 g/mol. The van der Waals surface area contributed by atoms with Crippen LogP contribution in [0.3, 0.4) is 0 Å². The minimum absolute atomic E-state index is 0.217. The Labute approximate surface area is 157 Å². The van der Waals surface area contributed by atoms with Gasteiger partial charge in [-0.15, -0.1) is 0 Å². The third-order valence-corrected chi connectivity index (χ3v) is 4.99. The van der Waals surface area contributed by atoms with Crippen molar-refractivity contribution >= 4 is 11.6 Å². The van der Waals surface area contributed by atoms with Crippen molar-refractivity contribution in [3.05, 3.63) is 70.4 Å². The number of nitriles is 1. The second-order valence-electron chi connectivity index (χ2n) is 6.96. The van der Waals surface area contributed by atoms with Gasteiger partial charge in [0, 0.05) is 16.7 Å². The van der Waals surface area contributed by atoms with Gasteiger partial charge in [-0.25, -0.2) is 4.98 Å². The SMILES string of the molecule is Cc1ccc(-c2c(C#N)c(Cl)nc3c2C(C)(C)Oc2ccccc2-3)cc1. The van der Waals surface area contributed by atoms with Gasteiger partial charge in [0.15, 0.2) is 0 Å². The van der Waals surface area contributed by atoms with Crippen LogP contribution in [-0.4, -0.2) is 4.98 Å². The lowest BCUT2D eigenvalue weighted by Gasteiger charge is -2.36. The van der Waals surface area contributed by atoms with Crippen molar-refractivity contribution in [2.45, 2.75) is 26.4 Å². The number of aromatic nitrogens is 1. The molecule has 1 aliphatic heterocycles. The normalized spacial score (nSPS) is 14.0. The molecule has 0 saturated carbocycles. The fourth-order valence-electron chi connectivity index (χ4n) is 3.53. The first kappa shape index (κ1) is 16.6. The van der Waals surface area contributed by atoms with Gasteiger partial charge in [0.2, 0.25) is 0 Å². The molecule has 2 aromatic carbocycles. The lowest BCUT2D eigenvalue weighted by molar-refractivity contribution is 0.106. The second-order valence-corrected chi connectivity index (χ2v) is 7.32. The van der Waals surface area contributed by atoms with Crippen LogP contribution in [0.25, 0.3) is 22.4 Å². The third kappa shape index (κ3) is 2.46. The second kappa shape index (κ2) is 5.86. The van der Waals surface area contributed by atoms with Crippen molar-refractivity contribution in [2.24, 2.45) is 0 Å². The highest BCUT2D eigenvalue weighted by Gasteiger charge is 2.38. The number of para-hydroxylation sites is 1. The number of hydrogen-bond donors (Lipinski definition) is 0. The van der Waals surface area contributed by atoms with Crippen molar-refractivity contribution in [2.75, 3.05) is 0 Å². The highest BCUT2D eigenvalue weighted by molar-refractivity contribution is 6.31. The first-order chi connectivity index (χ1) is 12.4. The van der Waals surface area contributed by atoms with Crippen LogP contribution >= 0.6 is 11.6 Å². The minimum atomic E-state index is -0.646. The summed E-state index contributed by atoms with van der Waals surface area (Å²) in [7, 11) is 0. The zero-order valence-electron chi connectivity index (χ0n) is 14.8. The number of hydrogen-bond acceptors (Lipinski definition) is 3. The van der Waals surface area contributed by atoms with Gasteiger partial charge < -0.3 is 4.74 Å². The van der Waals surface area contributed by atoms with E-state index in [1.165, 1.54) is 0 Å². The predicted octanol–water partition coefficient (Wildman–Crippen LogP) is 5.88. The van der Waals surface area contributed by atoms with Gasteiger partial charge in [-0.05, 0) is 38.5 Å². The highest BCUT2D eigenvalue weighted by Crippen LogP contribution is 2.49. The van der Waals surface area contributed by atoms with Crippen molar-refractivity contribution in [3.63, 3.8) is 0 Å². The van der Waals surface area contributed by atoms with Gasteiger partial charge in [-0.2, -0.15) is 5.26 Å². The van der Waals surface area contributed by atoms with Crippen molar-refractivity contribution in [1.82, 2.24) is 4.98 Å². The van der Waals surface area contributed by atoms with Crippen molar-refractivity contribution in [1.29, 1.82) is 5.26 Å². The van der Waals surface area contributed by atoms with Crippen LogP contribution in [0, 0.1) is 18.3 Å².